The van der Waals surface area contributed by atoms with Crippen LogP contribution < -0.4 is 0 Å². The molecule has 5 nitrogen and oxygen atoms in total. The highest BCUT2D eigenvalue weighted by atomic mass is 32.2. The fraction of sp³-hybridized carbons (Fsp3) is 0.667. The van der Waals surface area contributed by atoms with Crippen molar-refractivity contribution >= 4 is 9.84 Å². The van der Waals surface area contributed by atoms with Gasteiger partial charge in [-0.25, -0.2) is 8.42 Å². The lowest BCUT2D eigenvalue weighted by molar-refractivity contribution is 0.199. The Morgan fingerprint density at radius 2 is 1.62 bits per heavy atom. The molecule has 1 fully saturated rings. The second-order valence-corrected chi connectivity index (χ2v) is 7.93. The maximum Gasteiger partial charge on any atom is 0.152 e. The van der Waals surface area contributed by atoms with Gasteiger partial charge in [-0.05, 0) is 18.4 Å². The van der Waals surface area contributed by atoms with Crippen molar-refractivity contribution in [3.63, 3.8) is 0 Å². The molecule has 0 radical (unpaired) electrons. The Bertz CT molecular complexity index is 473. The summed E-state index contributed by atoms with van der Waals surface area (Å²) < 4.78 is 27.1. The average Bonchev–Trinajstić information content (AvgIpc) is 2.59. The summed E-state index contributed by atoms with van der Waals surface area (Å²) in [7, 11) is -1.04. The lowest BCUT2D eigenvalue weighted by Gasteiger charge is -2.26. The van der Waals surface area contributed by atoms with Crippen molar-refractivity contribution in [1.29, 1.82) is 0 Å². The molecular formula is C18H33NO4S. The van der Waals surface area contributed by atoms with E-state index in [0.29, 0.717) is 31.2 Å². The number of methoxy groups -OCH3 is 1. The molecule has 1 aliphatic rings. The molecule has 0 bridgehead atoms. The molecule has 2 rings (SSSR count). The Hall–Kier alpha value is -0.950. The average molecular weight is 360 g/mol. The molecule has 1 aliphatic heterocycles. The van der Waals surface area contributed by atoms with Crippen LogP contribution in [-0.2, 0) is 21.1 Å². The van der Waals surface area contributed by atoms with Crippen molar-refractivity contribution in [2.24, 2.45) is 0 Å². The van der Waals surface area contributed by atoms with Gasteiger partial charge in [0.2, 0.25) is 0 Å². The smallest absolute Gasteiger partial charge is 0.152 e. The number of rotatable bonds is 5. The van der Waals surface area contributed by atoms with E-state index in [1.165, 1.54) is 5.56 Å². The molecule has 1 aromatic rings. The van der Waals surface area contributed by atoms with Gasteiger partial charge in [0.15, 0.2) is 9.84 Å². The van der Waals surface area contributed by atoms with Gasteiger partial charge in [-0.1, -0.05) is 44.2 Å². The fourth-order valence-electron chi connectivity index (χ4n) is 1.95. The molecule has 0 saturated carbocycles. The molecule has 0 aliphatic carbocycles. The maximum atomic E-state index is 11.2. The number of sulfone groups is 1. The van der Waals surface area contributed by atoms with Crippen molar-refractivity contribution < 1.29 is 18.3 Å². The lowest BCUT2D eigenvalue weighted by Crippen LogP contribution is -2.39. The molecule has 1 saturated heterocycles. The van der Waals surface area contributed by atoms with E-state index in [1.807, 2.05) is 25.1 Å². The number of aliphatic hydroxyl groups excluding tert-OH is 1. The first-order valence-corrected chi connectivity index (χ1v) is 10.4. The van der Waals surface area contributed by atoms with Crippen LogP contribution in [0.3, 0.4) is 0 Å². The molecule has 1 heterocycles. The standard InChI is InChI=1S/C11H15NO2S.C4H10O.C3H8O/c13-15(14)8-6-12(7-9-15)10-11-4-2-1-3-5-11;1-3-4-5-2;1-2-3-4/h1-5H,6-10H2;3-4H2,1-2H3;4H,2-3H2,1H3. The summed E-state index contributed by atoms with van der Waals surface area (Å²) in [4.78, 5) is 2.19. The SMILES string of the molecule is CCCO.CCCOC.O=S1(=O)CCN(Cc2ccccc2)CC1. The molecule has 0 amide bonds. The number of hydrogen-bond donors (Lipinski definition) is 1. The van der Waals surface area contributed by atoms with E-state index < -0.39 is 9.84 Å². The van der Waals surface area contributed by atoms with Crippen molar-refractivity contribution in [2.75, 3.05) is 44.9 Å². The third-order valence-electron chi connectivity index (χ3n) is 3.32. The van der Waals surface area contributed by atoms with Gasteiger partial charge in [-0.15, -0.1) is 0 Å². The fourth-order valence-corrected chi connectivity index (χ4v) is 3.23. The highest BCUT2D eigenvalue weighted by Crippen LogP contribution is 2.09. The topological polar surface area (TPSA) is 66.8 Å². The lowest BCUT2D eigenvalue weighted by atomic mass is 10.2. The molecular weight excluding hydrogens is 326 g/mol. The van der Waals surface area contributed by atoms with Crippen LogP contribution in [0, 0.1) is 0 Å². The van der Waals surface area contributed by atoms with Crippen molar-refractivity contribution in [2.45, 2.75) is 33.2 Å². The Morgan fingerprint density at radius 3 is 2.00 bits per heavy atom. The van der Waals surface area contributed by atoms with E-state index in [0.717, 1.165) is 26.0 Å². The molecule has 0 aromatic heterocycles. The van der Waals surface area contributed by atoms with Crippen molar-refractivity contribution in [1.82, 2.24) is 4.90 Å². The summed E-state index contributed by atoms with van der Waals surface area (Å²) >= 11 is 0. The quantitative estimate of drug-likeness (QED) is 0.874. The van der Waals surface area contributed by atoms with Crippen LogP contribution in [0.25, 0.3) is 0 Å². The van der Waals surface area contributed by atoms with Crippen molar-refractivity contribution in [3.05, 3.63) is 35.9 Å². The zero-order valence-corrected chi connectivity index (χ0v) is 16.1. The molecule has 1 aromatic carbocycles. The summed E-state index contributed by atoms with van der Waals surface area (Å²) in [5.41, 5.74) is 1.25. The zero-order valence-electron chi connectivity index (χ0n) is 15.3. The molecule has 0 unspecified atom stereocenters. The molecule has 6 heteroatoms. The van der Waals surface area contributed by atoms with Crippen LogP contribution in [0.5, 0.6) is 0 Å². The maximum absolute atomic E-state index is 11.2. The van der Waals surface area contributed by atoms with Crippen LogP contribution in [0.1, 0.15) is 32.3 Å². The Labute approximate surface area is 147 Å². The minimum absolute atomic E-state index is 0.305. The number of benzene rings is 1. The van der Waals surface area contributed by atoms with E-state index in [2.05, 4.69) is 24.0 Å². The van der Waals surface area contributed by atoms with E-state index in [9.17, 15) is 8.42 Å². The molecule has 140 valence electrons. The minimum atomic E-state index is -2.75. The third kappa shape index (κ3) is 12.5. The van der Waals surface area contributed by atoms with Crippen LogP contribution in [-0.4, -0.2) is 63.3 Å². The van der Waals surface area contributed by atoms with Gasteiger partial charge >= 0.3 is 0 Å². The van der Waals surface area contributed by atoms with E-state index in [1.54, 1.807) is 7.11 Å². The van der Waals surface area contributed by atoms with Gasteiger partial charge < -0.3 is 9.84 Å². The highest BCUT2D eigenvalue weighted by molar-refractivity contribution is 7.91. The van der Waals surface area contributed by atoms with E-state index >= 15 is 0 Å². The van der Waals surface area contributed by atoms with Crippen LogP contribution in [0.4, 0.5) is 0 Å². The van der Waals surface area contributed by atoms with Gasteiger partial charge in [0.1, 0.15) is 0 Å². The first kappa shape index (κ1) is 23.1. The molecule has 1 N–H and O–H groups in total. The first-order valence-electron chi connectivity index (χ1n) is 8.55. The minimum Gasteiger partial charge on any atom is -0.396 e. The summed E-state index contributed by atoms with van der Waals surface area (Å²) in [6, 6.07) is 10.2. The first-order chi connectivity index (χ1) is 11.5. The Morgan fingerprint density at radius 1 is 1.08 bits per heavy atom. The molecule has 0 atom stereocenters. The summed E-state index contributed by atoms with van der Waals surface area (Å²) in [6.07, 6.45) is 2.00. The number of aliphatic hydroxyl groups is 1. The number of nitrogens with zero attached hydrogens (tertiary/aromatic N) is 1. The van der Waals surface area contributed by atoms with Crippen LogP contribution in [0.15, 0.2) is 30.3 Å². The second-order valence-electron chi connectivity index (χ2n) is 5.63. The second kappa shape index (κ2) is 14.4. The summed E-state index contributed by atoms with van der Waals surface area (Å²) in [6.45, 7) is 7.41. The van der Waals surface area contributed by atoms with Gasteiger partial charge in [0.25, 0.3) is 0 Å². The third-order valence-corrected chi connectivity index (χ3v) is 4.93. The molecule has 0 spiro atoms. The van der Waals surface area contributed by atoms with Crippen molar-refractivity contribution in [3.8, 4) is 0 Å². The van der Waals surface area contributed by atoms with Gasteiger partial charge in [-0.2, -0.15) is 0 Å². The predicted octanol–water partition coefficient (Wildman–Crippen LogP) is 2.35. The number of ether oxygens (including phenoxy) is 1. The van der Waals surface area contributed by atoms with Crippen LogP contribution in [0.2, 0.25) is 0 Å². The van der Waals surface area contributed by atoms with E-state index in [-0.39, 0.29) is 0 Å². The summed E-state index contributed by atoms with van der Waals surface area (Å²) in [5, 5.41) is 7.88. The summed E-state index contributed by atoms with van der Waals surface area (Å²) in [5.74, 6) is 0.611. The van der Waals surface area contributed by atoms with Gasteiger partial charge in [0.05, 0.1) is 11.5 Å². The van der Waals surface area contributed by atoms with Gasteiger partial charge in [0, 0.05) is 40.0 Å². The monoisotopic (exact) mass is 359 g/mol. The largest absolute Gasteiger partial charge is 0.396 e. The van der Waals surface area contributed by atoms with E-state index in [4.69, 9.17) is 9.84 Å². The van der Waals surface area contributed by atoms with Crippen LogP contribution >= 0.6 is 0 Å². The predicted molar refractivity (Wildman–Crippen MR) is 99.9 cm³/mol. The Balaban J connectivity index is 0.000000492. The normalized spacial score (nSPS) is 16.3. The molecule has 24 heavy (non-hydrogen) atoms. The highest BCUT2D eigenvalue weighted by Gasteiger charge is 2.21. The Kier molecular flexibility index (Phi) is 13.8. The van der Waals surface area contributed by atoms with Gasteiger partial charge in [-0.3, -0.25) is 4.90 Å². The zero-order chi connectivity index (χ0) is 18.3. The number of hydrogen-bond acceptors (Lipinski definition) is 5.